The predicted octanol–water partition coefficient (Wildman–Crippen LogP) is 4.72. The molecule has 114 valence electrons. The van der Waals surface area contributed by atoms with Crippen molar-refractivity contribution in [1.29, 1.82) is 0 Å². The van der Waals surface area contributed by atoms with Crippen LogP contribution in [0.4, 0.5) is 5.00 Å². The van der Waals surface area contributed by atoms with Crippen molar-refractivity contribution in [3.05, 3.63) is 16.0 Å². The van der Waals surface area contributed by atoms with Gasteiger partial charge in [0, 0.05) is 4.88 Å². The van der Waals surface area contributed by atoms with Crippen LogP contribution in [0.5, 0.6) is 0 Å². The molecule has 0 spiro atoms. The van der Waals surface area contributed by atoms with E-state index in [0.29, 0.717) is 10.6 Å². The van der Waals surface area contributed by atoms with E-state index in [2.05, 4.69) is 6.92 Å². The molecule has 3 nitrogen and oxygen atoms in total. The minimum atomic E-state index is -0.487. The number of thiophene rings is 1. The Morgan fingerprint density at radius 2 is 1.90 bits per heavy atom. The first kappa shape index (κ1) is 17.0. The van der Waals surface area contributed by atoms with E-state index in [9.17, 15) is 4.79 Å². The molecule has 0 radical (unpaired) electrons. The molecule has 1 heterocycles. The van der Waals surface area contributed by atoms with Gasteiger partial charge in [0.25, 0.3) is 0 Å². The summed E-state index contributed by atoms with van der Waals surface area (Å²) in [4.78, 5) is 13.4. The quantitative estimate of drug-likeness (QED) is 0.610. The van der Waals surface area contributed by atoms with Gasteiger partial charge in [0.05, 0.1) is 5.56 Å². The number of nitrogen functional groups attached to an aromatic ring is 1. The van der Waals surface area contributed by atoms with Gasteiger partial charge in [-0.3, -0.25) is 0 Å². The molecule has 0 fully saturated rings. The lowest BCUT2D eigenvalue weighted by molar-refractivity contribution is 0.00705. The SMILES string of the molecule is CCCCCCc1sc(N)c(C(=O)OC(C)(C)C)c1C. The molecule has 0 amide bonds. The maximum absolute atomic E-state index is 12.2. The summed E-state index contributed by atoms with van der Waals surface area (Å²) >= 11 is 1.53. The van der Waals surface area contributed by atoms with Crippen LogP contribution in [0.1, 0.15) is 74.2 Å². The Bertz CT molecular complexity index is 458. The van der Waals surface area contributed by atoms with Crippen molar-refractivity contribution in [3.8, 4) is 0 Å². The zero-order valence-corrected chi connectivity index (χ0v) is 14.2. The minimum absolute atomic E-state index is 0.302. The number of aryl methyl sites for hydroxylation is 1. The van der Waals surface area contributed by atoms with E-state index < -0.39 is 5.60 Å². The maximum atomic E-state index is 12.2. The molecule has 1 aromatic heterocycles. The van der Waals surface area contributed by atoms with E-state index in [1.807, 2.05) is 27.7 Å². The molecule has 2 N–H and O–H groups in total. The number of nitrogens with two attached hydrogens (primary N) is 1. The van der Waals surface area contributed by atoms with Crippen molar-refractivity contribution in [1.82, 2.24) is 0 Å². The van der Waals surface area contributed by atoms with Gasteiger partial charge in [0.1, 0.15) is 10.6 Å². The second kappa shape index (κ2) is 7.11. The number of esters is 1. The molecule has 0 saturated heterocycles. The highest BCUT2D eigenvalue weighted by Gasteiger charge is 2.24. The normalized spacial score (nSPS) is 11.7. The number of unbranched alkanes of at least 4 members (excludes halogenated alkanes) is 3. The van der Waals surface area contributed by atoms with Crippen LogP contribution in [0.25, 0.3) is 0 Å². The van der Waals surface area contributed by atoms with Gasteiger partial charge >= 0.3 is 5.97 Å². The molecular weight excluding hydrogens is 270 g/mol. The lowest BCUT2D eigenvalue weighted by Gasteiger charge is -2.19. The fraction of sp³-hybridized carbons (Fsp3) is 0.688. The van der Waals surface area contributed by atoms with Crippen LogP contribution in [0, 0.1) is 6.92 Å². The number of carbonyl (C=O) groups excluding carboxylic acids is 1. The number of hydrogen-bond donors (Lipinski definition) is 1. The zero-order valence-electron chi connectivity index (χ0n) is 13.3. The summed E-state index contributed by atoms with van der Waals surface area (Å²) in [5.74, 6) is -0.302. The van der Waals surface area contributed by atoms with Gasteiger partial charge in [-0.25, -0.2) is 4.79 Å². The summed E-state index contributed by atoms with van der Waals surface area (Å²) in [7, 11) is 0. The fourth-order valence-corrected chi connectivity index (χ4v) is 3.22. The molecule has 0 saturated carbocycles. The smallest absolute Gasteiger partial charge is 0.341 e. The largest absolute Gasteiger partial charge is 0.456 e. The van der Waals surface area contributed by atoms with E-state index >= 15 is 0 Å². The van der Waals surface area contributed by atoms with Crippen molar-refractivity contribution in [2.75, 3.05) is 5.73 Å². The van der Waals surface area contributed by atoms with Gasteiger partial charge < -0.3 is 10.5 Å². The Kier molecular flexibility index (Phi) is 6.06. The fourth-order valence-electron chi connectivity index (χ4n) is 2.12. The molecular formula is C16H27NO2S. The third kappa shape index (κ3) is 4.82. The molecule has 0 aromatic carbocycles. The summed E-state index contributed by atoms with van der Waals surface area (Å²) in [6.45, 7) is 9.79. The summed E-state index contributed by atoms with van der Waals surface area (Å²) in [5, 5.41) is 0.585. The van der Waals surface area contributed by atoms with Crippen molar-refractivity contribution >= 4 is 22.3 Å². The zero-order chi connectivity index (χ0) is 15.3. The summed E-state index contributed by atoms with van der Waals surface area (Å²) in [5.41, 5.74) is 7.09. The third-order valence-electron chi connectivity index (χ3n) is 3.13. The van der Waals surface area contributed by atoms with E-state index in [-0.39, 0.29) is 5.97 Å². The molecule has 0 atom stereocenters. The van der Waals surface area contributed by atoms with Crippen LogP contribution in [0.3, 0.4) is 0 Å². The molecule has 0 bridgehead atoms. The second-order valence-corrected chi connectivity index (χ2v) is 7.34. The molecule has 0 aliphatic heterocycles. The van der Waals surface area contributed by atoms with E-state index in [0.717, 1.165) is 18.4 Å². The molecule has 1 aromatic rings. The number of carbonyl (C=O) groups is 1. The average molecular weight is 297 g/mol. The maximum Gasteiger partial charge on any atom is 0.341 e. The van der Waals surface area contributed by atoms with Crippen molar-refractivity contribution in [2.45, 2.75) is 72.3 Å². The van der Waals surface area contributed by atoms with Gasteiger partial charge in [0.15, 0.2) is 0 Å². The van der Waals surface area contributed by atoms with Gasteiger partial charge in [-0.1, -0.05) is 26.2 Å². The van der Waals surface area contributed by atoms with E-state index in [1.54, 1.807) is 0 Å². The van der Waals surface area contributed by atoms with Crippen LogP contribution < -0.4 is 5.73 Å². The Labute approximate surface area is 126 Å². The highest BCUT2D eigenvalue weighted by atomic mass is 32.1. The van der Waals surface area contributed by atoms with Crippen LogP contribution >= 0.6 is 11.3 Å². The Hall–Kier alpha value is -1.03. The first-order valence-corrected chi connectivity index (χ1v) is 8.19. The van der Waals surface area contributed by atoms with Crippen molar-refractivity contribution in [3.63, 3.8) is 0 Å². The van der Waals surface area contributed by atoms with Crippen molar-refractivity contribution in [2.24, 2.45) is 0 Å². The van der Waals surface area contributed by atoms with Gasteiger partial charge in [-0.05, 0) is 46.1 Å². The Balaban J connectivity index is 2.78. The summed E-state index contributed by atoms with van der Waals surface area (Å²) in [6.07, 6.45) is 5.88. The molecule has 4 heteroatoms. The van der Waals surface area contributed by atoms with Crippen LogP contribution in [-0.2, 0) is 11.2 Å². The summed E-state index contributed by atoms with van der Waals surface area (Å²) in [6, 6.07) is 0. The lowest BCUT2D eigenvalue weighted by Crippen LogP contribution is -2.24. The number of rotatable bonds is 6. The molecule has 20 heavy (non-hydrogen) atoms. The minimum Gasteiger partial charge on any atom is -0.456 e. The number of ether oxygens (including phenoxy) is 1. The van der Waals surface area contributed by atoms with Gasteiger partial charge in [0.2, 0.25) is 0 Å². The summed E-state index contributed by atoms with van der Waals surface area (Å²) < 4.78 is 5.43. The monoisotopic (exact) mass is 297 g/mol. The first-order chi connectivity index (χ1) is 9.26. The van der Waals surface area contributed by atoms with Gasteiger partial charge in [-0.2, -0.15) is 0 Å². The number of anilines is 1. The van der Waals surface area contributed by atoms with Crippen LogP contribution in [0.15, 0.2) is 0 Å². The third-order valence-corrected chi connectivity index (χ3v) is 4.31. The number of hydrogen-bond acceptors (Lipinski definition) is 4. The van der Waals surface area contributed by atoms with Crippen molar-refractivity contribution < 1.29 is 9.53 Å². The van der Waals surface area contributed by atoms with E-state index in [4.69, 9.17) is 10.5 Å². The van der Waals surface area contributed by atoms with Gasteiger partial charge in [-0.15, -0.1) is 11.3 Å². The van der Waals surface area contributed by atoms with Crippen LogP contribution in [0.2, 0.25) is 0 Å². The molecule has 0 aliphatic carbocycles. The molecule has 1 rings (SSSR count). The van der Waals surface area contributed by atoms with E-state index in [1.165, 1.54) is 35.5 Å². The lowest BCUT2D eigenvalue weighted by atomic mass is 10.1. The van der Waals surface area contributed by atoms with Crippen LogP contribution in [-0.4, -0.2) is 11.6 Å². The molecule has 0 unspecified atom stereocenters. The molecule has 0 aliphatic rings. The average Bonchev–Trinajstić information content (AvgIpc) is 2.58. The Morgan fingerprint density at radius 3 is 2.45 bits per heavy atom. The highest BCUT2D eigenvalue weighted by Crippen LogP contribution is 2.33. The Morgan fingerprint density at radius 1 is 1.25 bits per heavy atom. The predicted molar refractivity (Wildman–Crippen MR) is 86.5 cm³/mol. The first-order valence-electron chi connectivity index (χ1n) is 7.37. The topological polar surface area (TPSA) is 52.3 Å². The second-order valence-electron chi connectivity index (χ2n) is 6.20. The standard InChI is InChI=1S/C16H27NO2S/c1-6-7-8-9-10-12-11(2)13(14(17)20-12)15(18)19-16(3,4)5/h6-10,17H2,1-5H3. The highest BCUT2D eigenvalue weighted by molar-refractivity contribution is 7.16.